The van der Waals surface area contributed by atoms with Crippen LogP contribution in [0.5, 0.6) is 11.5 Å². The molecule has 0 unspecified atom stereocenters. The van der Waals surface area contributed by atoms with E-state index in [1.54, 1.807) is 19.5 Å². The normalized spacial score (nSPS) is 10.5. The van der Waals surface area contributed by atoms with Gasteiger partial charge in [-0.15, -0.1) is 0 Å². The van der Waals surface area contributed by atoms with Crippen LogP contribution < -0.4 is 14.8 Å². The van der Waals surface area contributed by atoms with Gasteiger partial charge in [0.1, 0.15) is 13.2 Å². The van der Waals surface area contributed by atoms with Gasteiger partial charge in [-0.1, -0.05) is 17.7 Å². The minimum atomic E-state index is 0.150. The van der Waals surface area contributed by atoms with E-state index in [0.717, 1.165) is 17.7 Å². The molecule has 0 fully saturated rings. The summed E-state index contributed by atoms with van der Waals surface area (Å²) in [6, 6.07) is 7.55. The van der Waals surface area contributed by atoms with Crippen molar-refractivity contribution in [3.05, 3.63) is 52.8 Å². The Morgan fingerprint density at radius 2 is 2.18 bits per heavy atom. The van der Waals surface area contributed by atoms with Crippen molar-refractivity contribution in [3.8, 4) is 11.5 Å². The number of hydrogen-bond acceptors (Lipinski definition) is 4. The van der Waals surface area contributed by atoms with Crippen LogP contribution in [-0.2, 0) is 13.2 Å². The zero-order valence-electron chi connectivity index (χ0n) is 12.5. The van der Waals surface area contributed by atoms with Crippen LogP contribution >= 0.6 is 11.6 Å². The van der Waals surface area contributed by atoms with Gasteiger partial charge in [-0.3, -0.25) is 4.98 Å². The third kappa shape index (κ3) is 4.59. The summed E-state index contributed by atoms with van der Waals surface area (Å²) < 4.78 is 11.2. The van der Waals surface area contributed by atoms with E-state index in [9.17, 15) is 0 Å². The third-order valence-electron chi connectivity index (χ3n) is 3.11. The summed E-state index contributed by atoms with van der Waals surface area (Å²) in [4.78, 5) is 4.05. The van der Waals surface area contributed by atoms with Crippen LogP contribution in [0.25, 0.3) is 0 Å². The van der Waals surface area contributed by atoms with E-state index in [2.05, 4.69) is 4.98 Å². The highest BCUT2D eigenvalue weighted by Crippen LogP contribution is 2.36. The summed E-state index contributed by atoms with van der Waals surface area (Å²) in [5.41, 5.74) is 1.98. The second kappa shape index (κ2) is 8.58. The molecule has 1 aromatic carbocycles. The van der Waals surface area contributed by atoms with Gasteiger partial charge in [0.2, 0.25) is 0 Å². The lowest BCUT2D eigenvalue weighted by molar-refractivity contribution is -0.671. The molecule has 0 aliphatic heterocycles. The number of rotatable bonds is 8. The lowest BCUT2D eigenvalue weighted by Gasteiger charge is -2.14. The molecule has 0 aliphatic carbocycles. The van der Waals surface area contributed by atoms with E-state index < -0.39 is 0 Å². The Morgan fingerprint density at radius 1 is 1.32 bits per heavy atom. The van der Waals surface area contributed by atoms with Crippen molar-refractivity contribution >= 4 is 11.6 Å². The maximum atomic E-state index is 8.81. The van der Waals surface area contributed by atoms with E-state index in [1.807, 2.05) is 29.6 Å². The highest BCUT2D eigenvalue weighted by molar-refractivity contribution is 6.32. The number of aliphatic hydroxyl groups is 1. The van der Waals surface area contributed by atoms with Crippen LogP contribution in [-0.4, -0.2) is 30.4 Å². The molecule has 2 rings (SSSR count). The SMILES string of the molecule is COc1cc(C[NH2+]CCO)cc(Cl)c1OCc1cccnc1. The summed E-state index contributed by atoms with van der Waals surface area (Å²) in [6.07, 6.45) is 3.47. The van der Waals surface area contributed by atoms with Gasteiger partial charge in [-0.2, -0.15) is 0 Å². The quantitative estimate of drug-likeness (QED) is 0.720. The molecular formula is C16H20ClN2O3+. The second-order valence-corrected chi connectivity index (χ2v) is 5.17. The molecule has 0 amide bonds. The molecule has 5 nitrogen and oxygen atoms in total. The third-order valence-corrected chi connectivity index (χ3v) is 3.39. The summed E-state index contributed by atoms with van der Waals surface area (Å²) in [5, 5.41) is 11.3. The summed E-state index contributed by atoms with van der Waals surface area (Å²) in [5.74, 6) is 1.13. The van der Waals surface area contributed by atoms with Crippen molar-refractivity contribution < 1.29 is 19.9 Å². The molecule has 0 bridgehead atoms. The molecule has 1 aromatic heterocycles. The molecular weight excluding hydrogens is 304 g/mol. The van der Waals surface area contributed by atoms with Crippen molar-refractivity contribution in [1.82, 2.24) is 4.98 Å². The summed E-state index contributed by atoms with van der Waals surface area (Å²) >= 11 is 6.31. The number of hydrogen-bond donors (Lipinski definition) is 2. The van der Waals surface area contributed by atoms with Gasteiger partial charge >= 0.3 is 0 Å². The lowest BCUT2D eigenvalue weighted by atomic mass is 10.2. The molecule has 6 heteroatoms. The molecule has 0 saturated heterocycles. The van der Waals surface area contributed by atoms with Gasteiger partial charge in [0, 0.05) is 23.5 Å². The monoisotopic (exact) mass is 323 g/mol. The minimum Gasteiger partial charge on any atom is -0.493 e. The molecule has 0 spiro atoms. The number of benzene rings is 1. The van der Waals surface area contributed by atoms with Crippen molar-refractivity contribution in [2.24, 2.45) is 0 Å². The molecule has 0 saturated carbocycles. The summed E-state index contributed by atoms with van der Waals surface area (Å²) in [7, 11) is 1.59. The van der Waals surface area contributed by atoms with Gasteiger partial charge in [0.05, 0.1) is 25.3 Å². The first-order valence-corrected chi connectivity index (χ1v) is 7.43. The smallest absolute Gasteiger partial charge is 0.180 e. The van der Waals surface area contributed by atoms with E-state index in [0.29, 0.717) is 29.7 Å². The maximum absolute atomic E-state index is 8.81. The predicted octanol–water partition coefficient (Wildman–Crippen LogP) is 1.38. The van der Waals surface area contributed by atoms with Gasteiger partial charge in [-0.05, 0) is 18.2 Å². The maximum Gasteiger partial charge on any atom is 0.180 e. The van der Waals surface area contributed by atoms with Crippen LogP contribution in [0.2, 0.25) is 5.02 Å². The predicted molar refractivity (Wildman–Crippen MR) is 84.2 cm³/mol. The largest absolute Gasteiger partial charge is 0.493 e. The lowest BCUT2D eigenvalue weighted by Crippen LogP contribution is -2.83. The van der Waals surface area contributed by atoms with Crippen LogP contribution in [0.1, 0.15) is 11.1 Å². The fourth-order valence-electron chi connectivity index (χ4n) is 2.03. The zero-order chi connectivity index (χ0) is 15.8. The Balaban J connectivity index is 2.09. The Labute approximate surface area is 134 Å². The van der Waals surface area contributed by atoms with Gasteiger partial charge in [0.25, 0.3) is 0 Å². The van der Waals surface area contributed by atoms with Crippen LogP contribution in [0, 0.1) is 0 Å². The highest BCUT2D eigenvalue weighted by atomic mass is 35.5. The number of nitrogens with zero attached hydrogens (tertiary/aromatic N) is 1. The van der Waals surface area contributed by atoms with E-state index in [4.69, 9.17) is 26.2 Å². The number of aromatic nitrogens is 1. The standard InChI is InChI=1S/C16H19ClN2O3/c1-21-15-8-13(10-19-5-6-20)7-14(17)16(15)22-11-12-3-2-4-18-9-12/h2-4,7-9,19-20H,5-6,10-11H2,1H3/p+1. The van der Waals surface area contributed by atoms with Crippen LogP contribution in [0.4, 0.5) is 0 Å². The van der Waals surface area contributed by atoms with Gasteiger partial charge in [0.15, 0.2) is 11.5 Å². The number of pyridine rings is 1. The van der Waals surface area contributed by atoms with Gasteiger partial charge < -0.3 is 19.9 Å². The minimum absolute atomic E-state index is 0.150. The number of nitrogens with two attached hydrogens (primary N) is 1. The molecule has 0 aliphatic rings. The fraction of sp³-hybridized carbons (Fsp3) is 0.312. The van der Waals surface area contributed by atoms with Crippen molar-refractivity contribution in [1.29, 1.82) is 0 Å². The van der Waals surface area contributed by atoms with Crippen molar-refractivity contribution in [2.75, 3.05) is 20.3 Å². The average Bonchev–Trinajstić information content (AvgIpc) is 2.54. The first-order chi connectivity index (χ1) is 10.7. The number of aliphatic hydroxyl groups excluding tert-OH is 1. The molecule has 2 aromatic rings. The summed E-state index contributed by atoms with van der Waals surface area (Å²) in [6.45, 7) is 1.90. The number of ether oxygens (including phenoxy) is 2. The number of quaternary nitrogens is 1. The van der Waals surface area contributed by atoms with Crippen molar-refractivity contribution in [2.45, 2.75) is 13.2 Å². The van der Waals surface area contributed by atoms with Crippen molar-refractivity contribution in [3.63, 3.8) is 0 Å². The molecule has 1 heterocycles. The second-order valence-electron chi connectivity index (χ2n) is 4.76. The van der Waals surface area contributed by atoms with Crippen LogP contribution in [0.15, 0.2) is 36.7 Å². The average molecular weight is 324 g/mol. The first kappa shape index (κ1) is 16.5. The molecule has 118 valence electrons. The van der Waals surface area contributed by atoms with E-state index in [1.165, 1.54) is 0 Å². The van der Waals surface area contributed by atoms with Gasteiger partial charge in [-0.25, -0.2) is 0 Å². The first-order valence-electron chi connectivity index (χ1n) is 7.05. The molecule has 22 heavy (non-hydrogen) atoms. The molecule has 0 radical (unpaired) electrons. The number of methoxy groups -OCH3 is 1. The fourth-order valence-corrected chi connectivity index (χ4v) is 2.32. The topological polar surface area (TPSA) is 68.2 Å². The van der Waals surface area contributed by atoms with E-state index in [-0.39, 0.29) is 6.61 Å². The van der Waals surface area contributed by atoms with Crippen LogP contribution in [0.3, 0.4) is 0 Å². The molecule has 0 atom stereocenters. The Kier molecular flexibility index (Phi) is 6.45. The molecule has 3 N–H and O–H groups in total. The Hall–Kier alpha value is -1.82. The zero-order valence-corrected chi connectivity index (χ0v) is 13.2. The Bertz CT molecular complexity index is 593. The number of halogens is 1. The Morgan fingerprint density at radius 3 is 2.86 bits per heavy atom. The highest BCUT2D eigenvalue weighted by Gasteiger charge is 2.13. The van der Waals surface area contributed by atoms with E-state index >= 15 is 0 Å².